The standard InChI is InChI=1S/C16H19FN2O/c1-2-3-10-20-13-6-4-12(5-7-13)16(18)14-8-9-19-11-15(14)17/h4-9,11,16H,2-3,10,18H2,1H3. The Hall–Kier alpha value is -1.94. The summed E-state index contributed by atoms with van der Waals surface area (Å²) >= 11 is 0. The van der Waals surface area contributed by atoms with E-state index in [4.69, 9.17) is 10.5 Å². The van der Waals surface area contributed by atoms with E-state index in [1.807, 2.05) is 24.3 Å². The van der Waals surface area contributed by atoms with Crippen LogP contribution in [0.1, 0.15) is 36.9 Å². The zero-order chi connectivity index (χ0) is 14.4. The second-order valence-corrected chi connectivity index (χ2v) is 4.65. The topological polar surface area (TPSA) is 48.1 Å². The van der Waals surface area contributed by atoms with Gasteiger partial charge < -0.3 is 10.5 Å². The number of ether oxygens (including phenoxy) is 1. The summed E-state index contributed by atoms with van der Waals surface area (Å²) < 4.78 is 19.2. The minimum atomic E-state index is -0.498. The van der Waals surface area contributed by atoms with E-state index in [0.29, 0.717) is 12.2 Å². The predicted molar refractivity (Wildman–Crippen MR) is 77.1 cm³/mol. The summed E-state index contributed by atoms with van der Waals surface area (Å²) in [5.74, 6) is 0.424. The van der Waals surface area contributed by atoms with Crippen molar-refractivity contribution in [2.75, 3.05) is 6.61 Å². The van der Waals surface area contributed by atoms with Gasteiger partial charge in [-0.2, -0.15) is 0 Å². The van der Waals surface area contributed by atoms with Crippen LogP contribution in [0.4, 0.5) is 4.39 Å². The molecule has 1 aromatic carbocycles. The normalized spacial score (nSPS) is 12.2. The van der Waals surface area contributed by atoms with Crippen molar-refractivity contribution >= 4 is 0 Å². The maximum atomic E-state index is 13.6. The number of benzene rings is 1. The van der Waals surface area contributed by atoms with Crippen LogP contribution in [0.5, 0.6) is 5.75 Å². The third-order valence-electron chi connectivity index (χ3n) is 3.14. The molecule has 0 aliphatic heterocycles. The van der Waals surface area contributed by atoms with E-state index < -0.39 is 6.04 Å². The third kappa shape index (κ3) is 3.54. The van der Waals surface area contributed by atoms with Gasteiger partial charge in [0.1, 0.15) is 11.6 Å². The number of halogens is 1. The zero-order valence-electron chi connectivity index (χ0n) is 11.6. The first-order chi connectivity index (χ1) is 9.72. The molecule has 2 aromatic rings. The van der Waals surface area contributed by atoms with Crippen LogP contribution in [0, 0.1) is 5.82 Å². The average molecular weight is 274 g/mol. The van der Waals surface area contributed by atoms with Gasteiger partial charge in [0.2, 0.25) is 0 Å². The number of nitrogens with zero attached hydrogens (tertiary/aromatic N) is 1. The maximum absolute atomic E-state index is 13.6. The molecule has 2 rings (SSSR count). The van der Waals surface area contributed by atoms with Gasteiger partial charge in [-0.25, -0.2) is 4.39 Å². The molecule has 1 atom stereocenters. The summed E-state index contributed by atoms with van der Waals surface area (Å²) in [5, 5.41) is 0. The lowest BCUT2D eigenvalue weighted by atomic mass is 10.0. The molecule has 3 nitrogen and oxygen atoms in total. The average Bonchev–Trinajstić information content (AvgIpc) is 2.48. The van der Waals surface area contributed by atoms with Gasteiger partial charge in [0.15, 0.2) is 0 Å². The lowest BCUT2D eigenvalue weighted by Crippen LogP contribution is -2.13. The molecule has 0 radical (unpaired) electrons. The van der Waals surface area contributed by atoms with Crippen LogP contribution < -0.4 is 10.5 Å². The van der Waals surface area contributed by atoms with Crippen LogP contribution in [-0.2, 0) is 0 Å². The Labute approximate surface area is 118 Å². The minimum Gasteiger partial charge on any atom is -0.494 e. The number of pyridine rings is 1. The lowest BCUT2D eigenvalue weighted by molar-refractivity contribution is 0.309. The largest absolute Gasteiger partial charge is 0.494 e. The number of nitrogens with two attached hydrogens (primary N) is 1. The van der Waals surface area contributed by atoms with Gasteiger partial charge in [-0.15, -0.1) is 0 Å². The first-order valence-electron chi connectivity index (χ1n) is 6.80. The summed E-state index contributed by atoms with van der Waals surface area (Å²) in [6.07, 6.45) is 4.85. The zero-order valence-corrected chi connectivity index (χ0v) is 11.6. The molecule has 4 heteroatoms. The van der Waals surface area contributed by atoms with Gasteiger partial charge in [-0.1, -0.05) is 25.5 Å². The van der Waals surface area contributed by atoms with Gasteiger partial charge in [-0.3, -0.25) is 4.98 Å². The van der Waals surface area contributed by atoms with Crippen LogP contribution in [0.2, 0.25) is 0 Å². The highest BCUT2D eigenvalue weighted by molar-refractivity contribution is 5.34. The van der Waals surface area contributed by atoms with Crippen molar-refractivity contribution in [3.05, 3.63) is 59.7 Å². The number of unbranched alkanes of at least 4 members (excludes halogenated alkanes) is 1. The lowest BCUT2D eigenvalue weighted by Gasteiger charge is -2.14. The molecule has 0 spiro atoms. The second-order valence-electron chi connectivity index (χ2n) is 4.65. The molecular weight excluding hydrogens is 255 g/mol. The predicted octanol–water partition coefficient (Wildman–Crippen LogP) is 3.45. The van der Waals surface area contributed by atoms with E-state index in [0.717, 1.165) is 24.2 Å². The van der Waals surface area contributed by atoms with E-state index in [1.54, 1.807) is 12.3 Å². The summed E-state index contributed by atoms with van der Waals surface area (Å²) in [5.41, 5.74) is 7.37. The molecule has 1 aromatic heterocycles. The fourth-order valence-corrected chi connectivity index (χ4v) is 1.92. The highest BCUT2D eigenvalue weighted by atomic mass is 19.1. The van der Waals surface area contributed by atoms with Crippen molar-refractivity contribution in [3.8, 4) is 5.75 Å². The van der Waals surface area contributed by atoms with E-state index in [9.17, 15) is 4.39 Å². The summed E-state index contributed by atoms with van der Waals surface area (Å²) in [6.45, 7) is 2.83. The molecule has 0 bridgehead atoms. The van der Waals surface area contributed by atoms with Gasteiger partial charge in [0.05, 0.1) is 18.8 Å². The van der Waals surface area contributed by atoms with E-state index in [1.165, 1.54) is 6.20 Å². The molecule has 0 fully saturated rings. The fraction of sp³-hybridized carbons (Fsp3) is 0.312. The molecule has 0 amide bonds. The van der Waals surface area contributed by atoms with Crippen molar-refractivity contribution < 1.29 is 9.13 Å². The Morgan fingerprint density at radius 1 is 1.25 bits per heavy atom. The van der Waals surface area contributed by atoms with Crippen molar-refractivity contribution in [1.82, 2.24) is 4.98 Å². The molecular formula is C16H19FN2O. The molecule has 20 heavy (non-hydrogen) atoms. The summed E-state index contributed by atoms with van der Waals surface area (Å²) in [4.78, 5) is 3.73. The SMILES string of the molecule is CCCCOc1ccc(C(N)c2ccncc2F)cc1. The number of aromatic nitrogens is 1. The van der Waals surface area contributed by atoms with Crippen LogP contribution in [0.3, 0.4) is 0 Å². The van der Waals surface area contributed by atoms with Crippen LogP contribution >= 0.6 is 0 Å². The van der Waals surface area contributed by atoms with Crippen LogP contribution in [0.15, 0.2) is 42.7 Å². The van der Waals surface area contributed by atoms with Crippen molar-refractivity contribution in [2.24, 2.45) is 5.73 Å². The molecule has 2 N–H and O–H groups in total. The Kier molecular flexibility index (Phi) is 5.07. The molecule has 1 heterocycles. The van der Waals surface area contributed by atoms with E-state index in [2.05, 4.69) is 11.9 Å². The van der Waals surface area contributed by atoms with Crippen molar-refractivity contribution in [3.63, 3.8) is 0 Å². The Balaban J connectivity index is 2.08. The fourth-order valence-electron chi connectivity index (χ4n) is 1.92. The van der Waals surface area contributed by atoms with Gasteiger partial charge >= 0.3 is 0 Å². The molecule has 0 aliphatic carbocycles. The van der Waals surface area contributed by atoms with Crippen LogP contribution in [-0.4, -0.2) is 11.6 Å². The first kappa shape index (κ1) is 14.5. The van der Waals surface area contributed by atoms with Gasteiger partial charge in [-0.05, 0) is 30.2 Å². The third-order valence-corrected chi connectivity index (χ3v) is 3.14. The highest BCUT2D eigenvalue weighted by Gasteiger charge is 2.13. The highest BCUT2D eigenvalue weighted by Crippen LogP contribution is 2.23. The maximum Gasteiger partial charge on any atom is 0.146 e. The molecule has 0 saturated heterocycles. The molecule has 0 aliphatic rings. The summed E-state index contributed by atoms with van der Waals surface area (Å²) in [6, 6.07) is 8.57. The summed E-state index contributed by atoms with van der Waals surface area (Å²) in [7, 11) is 0. The quantitative estimate of drug-likeness (QED) is 0.821. The minimum absolute atomic E-state index is 0.386. The second kappa shape index (κ2) is 7.01. The van der Waals surface area contributed by atoms with Gasteiger partial charge in [0.25, 0.3) is 0 Å². The molecule has 0 saturated carbocycles. The van der Waals surface area contributed by atoms with Crippen molar-refractivity contribution in [1.29, 1.82) is 0 Å². The monoisotopic (exact) mass is 274 g/mol. The molecule has 106 valence electrons. The first-order valence-corrected chi connectivity index (χ1v) is 6.80. The van der Waals surface area contributed by atoms with Gasteiger partial charge in [0, 0.05) is 11.8 Å². The number of rotatable bonds is 6. The van der Waals surface area contributed by atoms with E-state index >= 15 is 0 Å². The molecule has 1 unspecified atom stereocenters. The Morgan fingerprint density at radius 3 is 2.65 bits per heavy atom. The number of hydrogen-bond acceptors (Lipinski definition) is 3. The Morgan fingerprint density at radius 2 is 2.00 bits per heavy atom. The van der Waals surface area contributed by atoms with Crippen molar-refractivity contribution in [2.45, 2.75) is 25.8 Å². The smallest absolute Gasteiger partial charge is 0.146 e. The Bertz CT molecular complexity index is 542. The van der Waals surface area contributed by atoms with E-state index in [-0.39, 0.29) is 5.82 Å². The number of hydrogen-bond donors (Lipinski definition) is 1. The van der Waals surface area contributed by atoms with Crippen LogP contribution in [0.25, 0.3) is 0 Å².